The third-order valence-corrected chi connectivity index (χ3v) is 7.69. The monoisotopic (exact) mass is 504 g/mol. The first kappa shape index (κ1) is 27.3. The van der Waals surface area contributed by atoms with Gasteiger partial charge in [-0.2, -0.15) is 4.39 Å². The minimum atomic E-state index is -3.48. The maximum atomic E-state index is 14.3. The van der Waals surface area contributed by atoms with Crippen LogP contribution in [0.4, 0.5) is 4.39 Å². The Morgan fingerprint density at radius 2 is 1.86 bits per heavy atom. The summed E-state index contributed by atoms with van der Waals surface area (Å²) in [5.41, 5.74) is 2.06. The number of ether oxygens (including phenoxy) is 1. The number of fused-ring (bicyclic) bond motifs is 1. The van der Waals surface area contributed by atoms with Crippen LogP contribution in [-0.2, 0) is 27.8 Å². The number of benzene rings is 1. The molecular formula is C26H37FN4O3S. The van der Waals surface area contributed by atoms with Gasteiger partial charge in [0.25, 0.3) is 0 Å². The van der Waals surface area contributed by atoms with Gasteiger partial charge in [0.2, 0.25) is 16.0 Å². The molecule has 1 N–H and O–H groups in total. The van der Waals surface area contributed by atoms with E-state index in [0.29, 0.717) is 50.3 Å². The first-order chi connectivity index (χ1) is 17.0. The summed E-state index contributed by atoms with van der Waals surface area (Å²) in [4.78, 5) is 5.84. The summed E-state index contributed by atoms with van der Waals surface area (Å²) in [6.45, 7) is 5.30. The molecule has 3 rings (SSSR count). The highest BCUT2D eigenvalue weighted by molar-refractivity contribution is 7.90. The summed E-state index contributed by atoms with van der Waals surface area (Å²) < 4.78 is 47.8. The van der Waals surface area contributed by atoms with Crippen molar-refractivity contribution in [2.24, 2.45) is 0 Å². The van der Waals surface area contributed by atoms with Gasteiger partial charge in [0.1, 0.15) is 0 Å². The number of aromatic nitrogens is 2. The van der Waals surface area contributed by atoms with E-state index in [0.717, 1.165) is 36.8 Å². The number of hydrogen-bond acceptors (Lipinski definition) is 6. The Balaban J connectivity index is 1.84. The van der Waals surface area contributed by atoms with Crippen LogP contribution in [0.25, 0.3) is 10.9 Å². The second-order valence-corrected chi connectivity index (χ2v) is 10.7. The van der Waals surface area contributed by atoms with Crippen molar-refractivity contribution >= 4 is 20.9 Å². The summed E-state index contributed by atoms with van der Waals surface area (Å²) in [5.74, 6) is -0.375. The van der Waals surface area contributed by atoms with Crippen LogP contribution in [0.15, 0.2) is 48.8 Å². The van der Waals surface area contributed by atoms with Crippen LogP contribution >= 0.6 is 0 Å². The Morgan fingerprint density at radius 1 is 1.06 bits per heavy atom. The molecule has 3 aromatic rings. The highest BCUT2D eigenvalue weighted by Crippen LogP contribution is 2.25. The Kier molecular flexibility index (Phi) is 10.7. The fraction of sp³-hybridized carbons (Fsp3) is 0.500. The van der Waals surface area contributed by atoms with Crippen molar-refractivity contribution in [3.63, 3.8) is 0 Å². The summed E-state index contributed by atoms with van der Waals surface area (Å²) >= 11 is 0. The lowest BCUT2D eigenvalue weighted by molar-refractivity contribution is 0.100. The van der Waals surface area contributed by atoms with Crippen molar-refractivity contribution in [2.75, 3.05) is 39.1 Å². The number of hydrogen-bond donors (Lipinski definition) is 1. The maximum absolute atomic E-state index is 14.3. The van der Waals surface area contributed by atoms with Gasteiger partial charge in [0.05, 0.1) is 24.5 Å². The number of rotatable bonds is 16. The minimum Gasteiger partial charge on any atom is -0.379 e. The molecule has 0 fully saturated rings. The summed E-state index contributed by atoms with van der Waals surface area (Å²) in [6.07, 6.45) is 6.80. The van der Waals surface area contributed by atoms with Crippen molar-refractivity contribution < 1.29 is 17.5 Å². The average Bonchev–Trinajstić information content (AvgIpc) is 3.22. The molecule has 0 radical (unpaired) electrons. The van der Waals surface area contributed by atoms with Crippen molar-refractivity contribution in [3.05, 3.63) is 65.9 Å². The van der Waals surface area contributed by atoms with E-state index < -0.39 is 16.0 Å². The van der Waals surface area contributed by atoms with Gasteiger partial charge in [0, 0.05) is 49.5 Å². The van der Waals surface area contributed by atoms with Crippen LogP contribution in [0.2, 0.25) is 0 Å². The van der Waals surface area contributed by atoms with Gasteiger partial charge < -0.3 is 10.1 Å². The number of likely N-dealkylation sites (N-methyl/N-ethyl adjacent to an activating group) is 1. The average molecular weight is 505 g/mol. The van der Waals surface area contributed by atoms with Crippen molar-refractivity contribution in [1.29, 1.82) is 0 Å². The quantitative estimate of drug-likeness (QED) is 0.233. The first-order valence-electron chi connectivity index (χ1n) is 12.3. The molecule has 2 heterocycles. The van der Waals surface area contributed by atoms with Crippen LogP contribution in [0.3, 0.4) is 0 Å². The molecule has 9 heteroatoms. The molecule has 0 unspecified atom stereocenters. The number of halogens is 1. The number of unbranched alkanes of at least 4 members (excludes halogenated alkanes) is 3. The van der Waals surface area contributed by atoms with Crippen molar-refractivity contribution in [2.45, 2.75) is 45.7 Å². The van der Waals surface area contributed by atoms with Crippen LogP contribution in [0.1, 0.15) is 43.7 Å². The van der Waals surface area contributed by atoms with E-state index in [-0.39, 0.29) is 5.75 Å². The smallest absolute Gasteiger partial charge is 0.238 e. The fourth-order valence-electron chi connectivity index (χ4n) is 4.09. The van der Waals surface area contributed by atoms with E-state index in [4.69, 9.17) is 4.74 Å². The molecule has 1 aromatic carbocycles. The van der Waals surface area contributed by atoms with E-state index in [1.165, 1.54) is 10.2 Å². The van der Waals surface area contributed by atoms with Crippen molar-refractivity contribution in [1.82, 2.24) is 19.2 Å². The molecule has 2 aromatic heterocycles. The zero-order chi connectivity index (χ0) is 25.1. The van der Waals surface area contributed by atoms with E-state index >= 15 is 0 Å². The zero-order valence-corrected chi connectivity index (χ0v) is 21.6. The van der Waals surface area contributed by atoms with Gasteiger partial charge in [-0.25, -0.2) is 17.4 Å². The van der Waals surface area contributed by atoms with Crippen LogP contribution in [0.5, 0.6) is 0 Å². The van der Waals surface area contributed by atoms with Crippen LogP contribution < -0.4 is 5.32 Å². The molecule has 0 bridgehead atoms. The number of nitrogens with one attached hydrogen (secondary N) is 1. The number of pyridine rings is 1. The van der Waals surface area contributed by atoms with Gasteiger partial charge in [0.15, 0.2) is 0 Å². The largest absolute Gasteiger partial charge is 0.379 e. The summed E-state index contributed by atoms with van der Waals surface area (Å²) in [6, 6.07) is 11.0. The van der Waals surface area contributed by atoms with Gasteiger partial charge >= 0.3 is 0 Å². The molecule has 192 valence electrons. The third-order valence-electron chi connectivity index (χ3n) is 5.99. The third kappa shape index (κ3) is 7.83. The van der Waals surface area contributed by atoms with Crippen LogP contribution in [0, 0.1) is 5.95 Å². The first-order valence-corrected chi connectivity index (χ1v) is 13.9. The lowest BCUT2D eigenvalue weighted by atomic mass is 10.1. The lowest BCUT2D eigenvalue weighted by Crippen LogP contribution is -2.28. The van der Waals surface area contributed by atoms with E-state index in [1.54, 1.807) is 18.3 Å². The Morgan fingerprint density at radius 3 is 2.63 bits per heavy atom. The number of nitrogens with zero attached hydrogens (tertiary/aromatic N) is 3. The van der Waals surface area contributed by atoms with Crippen LogP contribution in [-0.4, -0.2) is 61.4 Å². The van der Waals surface area contributed by atoms with Gasteiger partial charge in [-0.3, -0.25) is 4.90 Å². The van der Waals surface area contributed by atoms with Crippen molar-refractivity contribution in [3.8, 4) is 0 Å². The second kappa shape index (κ2) is 13.7. The second-order valence-electron chi connectivity index (χ2n) is 8.72. The van der Waals surface area contributed by atoms with E-state index in [2.05, 4.69) is 22.1 Å². The lowest BCUT2D eigenvalue weighted by Gasteiger charge is -2.22. The van der Waals surface area contributed by atoms with Gasteiger partial charge in [-0.05, 0) is 31.2 Å². The normalized spacial score (nSPS) is 12.1. The molecule has 0 saturated heterocycles. The molecule has 0 aliphatic carbocycles. The molecular weight excluding hydrogens is 467 g/mol. The molecule has 0 spiro atoms. The van der Waals surface area contributed by atoms with Gasteiger partial charge in [-0.15, -0.1) is 0 Å². The summed E-state index contributed by atoms with van der Waals surface area (Å²) in [5, 5.41) is 3.93. The Hall–Kier alpha value is -2.33. The number of para-hydroxylation sites is 1. The molecule has 0 saturated carbocycles. The maximum Gasteiger partial charge on any atom is 0.238 e. The minimum absolute atomic E-state index is 0.120. The Bertz CT molecular complexity index is 1170. The molecule has 0 aliphatic heterocycles. The topological polar surface area (TPSA) is 76.5 Å². The Labute approximate surface area is 208 Å². The highest BCUT2D eigenvalue weighted by atomic mass is 32.2. The predicted molar refractivity (Wildman–Crippen MR) is 138 cm³/mol. The SMILES string of the molecule is CCCCCCS(=O)(=O)n1cc(CN(CCOCCNC)Cc2cccnc2F)c2ccccc21. The molecule has 7 nitrogen and oxygen atoms in total. The zero-order valence-electron chi connectivity index (χ0n) is 20.7. The standard InChI is InChI=1S/C26H37FN4O3S/c1-3-4-5-8-18-35(32,33)31-21-23(24-11-6-7-12-25(24)31)20-30(15-17-34-16-14-28-2)19-22-10-9-13-29-26(22)27/h6-7,9-13,21,28H,3-5,8,14-20H2,1-2H3. The fourth-order valence-corrected chi connectivity index (χ4v) is 5.60. The molecule has 0 atom stereocenters. The van der Waals surface area contributed by atoms with E-state index in [1.807, 2.05) is 31.3 Å². The van der Waals surface area contributed by atoms with E-state index in [9.17, 15) is 12.8 Å². The summed E-state index contributed by atoms with van der Waals surface area (Å²) in [7, 11) is -1.61. The molecule has 35 heavy (non-hydrogen) atoms. The predicted octanol–water partition coefficient (Wildman–Crippen LogP) is 4.17. The highest BCUT2D eigenvalue weighted by Gasteiger charge is 2.20. The van der Waals surface area contributed by atoms with Gasteiger partial charge in [-0.1, -0.05) is 50.5 Å². The molecule has 0 amide bonds. The molecule has 0 aliphatic rings.